The van der Waals surface area contributed by atoms with Crippen molar-refractivity contribution in [3.05, 3.63) is 18.2 Å². The van der Waals surface area contributed by atoms with Crippen molar-refractivity contribution < 1.29 is 8.78 Å². The number of guanidine groups is 1. The van der Waals surface area contributed by atoms with E-state index in [0.29, 0.717) is 11.8 Å². The first-order valence-electron chi connectivity index (χ1n) is 10.1. The van der Waals surface area contributed by atoms with Crippen molar-refractivity contribution in [2.75, 3.05) is 26.7 Å². The van der Waals surface area contributed by atoms with Gasteiger partial charge in [-0.1, -0.05) is 25.7 Å². The number of likely N-dealkylation sites (tertiary alicyclic amines) is 1. The lowest BCUT2D eigenvalue weighted by atomic mass is 9.79. The summed E-state index contributed by atoms with van der Waals surface area (Å²) < 4.78 is 26.8. The van der Waals surface area contributed by atoms with Crippen LogP contribution in [0.3, 0.4) is 0 Å². The lowest BCUT2D eigenvalue weighted by molar-refractivity contribution is 0.0368. The van der Waals surface area contributed by atoms with Gasteiger partial charge in [0, 0.05) is 31.5 Å². The van der Waals surface area contributed by atoms with E-state index in [9.17, 15) is 8.78 Å². The zero-order chi connectivity index (χ0) is 19.1. The molecule has 1 aliphatic heterocycles. The molecule has 1 aliphatic carbocycles. The Morgan fingerprint density at radius 3 is 2.46 bits per heavy atom. The van der Waals surface area contributed by atoms with Crippen LogP contribution >= 0.6 is 24.0 Å². The zero-order valence-electron chi connectivity index (χ0n) is 16.7. The van der Waals surface area contributed by atoms with Gasteiger partial charge in [-0.05, 0) is 38.8 Å². The number of aliphatic imine (C=N–C) groups is 1. The molecule has 0 aromatic carbocycles. The number of imidazole rings is 1. The van der Waals surface area contributed by atoms with Gasteiger partial charge in [0.2, 0.25) is 0 Å². The molecule has 2 fully saturated rings. The summed E-state index contributed by atoms with van der Waals surface area (Å²) >= 11 is 0. The van der Waals surface area contributed by atoms with Gasteiger partial charge < -0.3 is 10.6 Å². The van der Waals surface area contributed by atoms with Gasteiger partial charge >= 0.3 is 6.55 Å². The maximum atomic E-state index is 13.0. The van der Waals surface area contributed by atoms with Gasteiger partial charge in [-0.3, -0.25) is 14.5 Å². The van der Waals surface area contributed by atoms with E-state index in [1.807, 2.05) is 0 Å². The van der Waals surface area contributed by atoms with Crippen LogP contribution in [0.4, 0.5) is 8.78 Å². The second-order valence-electron chi connectivity index (χ2n) is 7.64. The number of hydrogen-bond acceptors (Lipinski definition) is 3. The predicted octanol–water partition coefficient (Wildman–Crippen LogP) is 3.75. The Hall–Kier alpha value is -0.970. The van der Waals surface area contributed by atoms with Crippen LogP contribution in [0.1, 0.15) is 63.7 Å². The van der Waals surface area contributed by atoms with E-state index in [-0.39, 0.29) is 36.1 Å². The van der Waals surface area contributed by atoms with Crippen LogP contribution in [0.25, 0.3) is 0 Å². The Kier molecular flexibility index (Phi) is 9.39. The lowest BCUT2D eigenvalue weighted by Crippen LogP contribution is -2.59. The van der Waals surface area contributed by atoms with E-state index in [1.165, 1.54) is 76.8 Å². The highest BCUT2D eigenvalue weighted by Gasteiger charge is 2.38. The minimum atomic E-state index is -2.58. The standard InChI is InChI=1S/C19H32F2N6.HI/c1-22-18(24-14-16-23-10-13-27(16)17(20)21)25-15-19(8-4-2-5-9-19)26-11-6-3-7-12-26;/h10,13,17H,2-9,11-12,14-15H2,1H3,(H2,22,24,25);1H. The number of halogens is 3. The molecule has 2 N–H and O–H groups in total. The van der Waals surface area contributed by atoms with Gasteiger partial charge in [0.05, 0.1) is 6.54 Å². The lowest BCUT2D eigenvalue weighted by Gasteiger charge is -2.48. The molecule has 6 nitrogen and oxygen atoms in total. The SMILES string of the molecule is CN=C(NCc1nccn1C(F)F)NCC1(N2CCCCC2)CCCCC1.I. The van der Waals surface area contributed by atoms with E-state index in [1.54, 1.807) is 7.05 Å². The third-order valence-corrected chi connectivity index (χ3v) is 5.99. The Labute approximate surface area is 183 Å². The molecular formula is C19H33F2IN6. The number of alkyl halides is 2. The number of nitrogens with zero attached hydrogens (tertiary/aromatic N) is 4. The predicted molar refractivity (Wildman–Crippen MR) is 118 cm³/mol. The van der Waals surface area contributed by atoms with Crippen molar-refractivity contribution in [3.63, 3.8) is 0 Å². The molecule has 3 rings (SSSR count). The molecule has 1 aromatic heterocycles. The van der Waals surface area contributed by atoms with Crippen molar-refractivity contribution in [2.24, 2.45) is 4.99 Å². The Balaban J connectivity index is 0.00000280. The molecule has 0 radical (unpaired) electrons. The topological polar surface area (TPSA) is 57.5 Å². The number of hydrogen-bond donors (Lipinski definition) is 2. The van der Waals surface area contributed by atoms with Gasteiger partial charge in [0.15, 0.2) is 5.96 Å². The van der Waals surface area contributed by atoms with Crippen molar-refractivity contribution in [1.82, 2.24) is 25.1 Å². The molecule has 28 heavy (non-hydrogen) atoms. The van der Waals surface area contributed by atoms with Crippen LogP contribution < -0.4 is 10.6 Å². The van der Waals surface area contributed by atoms with E-state index in [2.05, 4.69) is 25.5 Å². The van der Waals surface area contributed by atoms with E-state index in [0.717, 1.165) is 11.1 Å². The fraction of sp³-hybridized carbons (Fsp3) is 0.789. The van der Waals surface area contributed by atoms with Crippen LogP contribution in [0.2, 0.25) is 0 Å². The van der Waals surface area contributed by atoms with Crippen molar-refractivity contribution in [2.45, 2.75) is 70.0 Å². The third-order valence-electron chi connectivity index (χ3n) is 5.99. The fourth-order valence-electron chi connectivity index (χ4n) is 4.47. The zero-order valence-corrected chi connectivity index (χ0v) is 19.0. The molecule has 0 atom stereocenters. The molecule has 0 unspecified atom stereocenters. The molecule has 0 spiro atoms. The Morgan fingerprint density at radius 2 is 1.82 bits per heavy atom. The van der Waals surface area contributed by atoms with Crippen molar-refractivity contribution in [3.8, 4) is 0 Å². The van der Waals surface area contributed by atoms with Crippen LogP contribution in [0.5, 0.6) is 0 Å². The Morgan fingerprint density at radius 1 is 1.14 bits per heavy atom. The number of rotatable bonds is 6. The highest BCUT2D eigenvalue weighted by Crippen LogP contribution is 2.35. The maximum Gasteiger partial charge on any atom is 0.319 e. The second-order valence-corrected chi connectivity index (χ2v) is 7.64. The molecular weight excluding hydrogens is 477 g/mol. The van der Waals surface area contributed by atoms with E-state index in [4.69, 9.17) is 0 Å². The molecule has 1 saturated carbocycles. The Bertz CT molecular complexity index is 609. The number of nitrogens with one attached hydrogen (secondary N) is 2. The molecule has 2 aliphatic rings. The molecule has 1 saturated heterocycles. The summed E-state index contributed by atoms with van der Waals surface area (Å²) in [7, 11) is 1.71. The third kappa shape index (κ3) is 5.77. The summed E-state index contributed by atoms with van der Waals surface area (Å²) in [6.45, 7) is 0.840. The normalized spacial score (nSPS) is 20.6. The smallest absolute Gasteiger partial charge is 0.319 e. The van der Waals surface area contributed by atoms with Crippen LogP contribution in [0, 0.1) is 0 Å². The first-order chi connectivity index (χ1) is 13.1. The van der Waals surface area contributed by atoms with E-state index >= 15 is 0 Å². The molecule has 1 aromatic rings. The maximum absolute atomic E-state index is 13.0. The molecule has 0 bridgehead atoms. The minimum Gasteiger partial charge on any atom is -0.355 e. The molecule has 0 amide bonds. The summed E-state index contributed by atoms with van der Waals surface area (Å²) in [6.07, 6.45) is 12.9. The van der Waals surface area contributed by atoms with Gasteiger partial charge in [0.25, 0.3) is 0 Å². The first-order valence-corrected chi connectivity index (χ1v) is 10.1. The first kappa shape index (κ1) is 23.3. The summed E-state index contributed by atoms with van der Waals surface area (Å²) in [6, 6.07) is 0. The fourth-order valence-corrected chi connectivity index (χ4v) is 4.47. The largest absolute Gasteiger partial charge is 0.355 e. The van der Waals surface area contributed by atoms with Crippen LogP contribution in [0.15, 0.2) is 17.4 Å². The number of piperidine rings is 1. The van der Waals surface area contributed by atoms with Crippen molar-refractivity contribution >= 4 is 29.9 Å². The highest BCUT2D eigenvalue weighted by atomic mass is 127. The number of aromatic nitrogens is 2. The summed E-state index contributed by atoms with van der Waals surface area (Å²) in [5.41, 5.74) is 0.192. The van der Waals surface area contributed by atoms with Gasteiger partial charge in [-0.15, -0.1) is 24.0 Å². The summed E-state index contributed by atoms with van der Waals surface area (Å²) in [5.74, 6) is 0.942. The van der Waals surface area contributed by atoms with Crippen LogP contribution in [-0.4, -0.2) is 52.6 Å². The molecule has 160 valence electrons. The van der Waals surface area contributed by atoms with Crippen molar-refractivity contribution in [1.29, 1.82) is 0 Å². The summed E-state index contributed by atoms with van der Waals surface area (Å²) in [4.78, 5) is 11.0. The van der Waals surface area contributed by atoms with Crippen LogP contribution in [-0.2, 0) is 6.54 Å². The summed E-state index contributed by atoms with van der Waals surface area (Å²) in [5, 5.41) is 6.59. The average molecular weight is 510 g/mol. The minimum absolute atomic E-state index is 0. The highest BCUT2D eigenvalue weighted by molar-refractivity contribution is 14.0. The van der Waals surface area contributed by atoms with Gasteiger partial charge in [0.1, 0.15) is 5.82 Å². The van der Waals surface area contributed by atoms with Gasteiger partial charge in [-0.2, -0.15) is 8.78 Å². The van der Waals surface area contributed by atoms with Gasteiger partial charge in [-0.25, -0.2) is 4.98 Å². The average Bonchev–Trinajstić information content (AvgIpc) is 3.18. The van der Waals surface area contributed by atoms with E-state index < -0.39 is 6.55 Å². The molecule has 9 heteroatoms. The second kappa shape index (κ2) is 11.3. The monoisotopic (exact) mass is 510 g/mol. The quantitative estimate of drug-likeness (QED) is 0.348. The molecule has 2 heterocycles.